The second kappa shape index (κ2) is 30.7. The van der Waals surface area contributed by atoms with Gasteiger partial charge in [0.05, 0.1) is 0 Å². The first kappa shape index (κ1) is 60.8. The number of benzene rings is 6. The summed E-state index contributed by atoms with van der Waals surface area (Å²) in [6.45, 7) is 8.05. The predicted octanol–water partition coefficient (Wildman–Crippen LogP) is 15.9. The highest BCUT2D eigenvalue weighted by Crippen LogP contribution is 2.28. The number of rotatable bonds is 21. The Kier molecular flexibility index (Phi) is 23.0. The molecular formula is C69H84N6O6. The number of unbranched alkanes of at least 4 members (excludes halogenated alkanes) is 15. The third-order valence-corrected chi connectivity index (χ3v) is 15.6. The Morgan fingerprint density at radius 1 is 0.222 bits per heavy atom. The number of hydrogen-bond donors (Lipinski definition) is 0. The van der Waals surface area contributed by atoms with Gasteiger partial charge in [-0.1, -0.05) is 117 Å². The van der Waals surface area contributed by atoms with E-state index in [1.807, 2.05) is 36.4 Å². The van der Waals surface area contributed by atoms with E-state index in [-0.39, 0.29) is 35.4 Å². The molecule has 10 aliphatic rings. The van der Waals surface area contributed by atoms with Gasteiger partial charge in [-0.25, -0.2) is 0 Å². The second-order valence-electron chi connectivity index (χ2n) is 21.5. The molecule has 0 aromatic heterocycles. The molecule has 12 nitrogen and oxygen atoms in total. The van der Waals surface area contributed by atoms with Crippen molar-refractivity contribution in [2.45, 2.75) is 136 Å². The Bertz CT molecular complexity index is 2670. The number of hydrogen-bond acceptors (Lipinski definition) is 6. The van der Waals surface area contributed by atoms with Crippen LogP contribution in [0.2, 0.25) is 0 Å². The van der Waals surface area contributed by atoms with Gasteiger partial charge in [-0.3, -0.25) is 28.8 Å². The maximum atomic E-state index is 14.5. The Balaban J connectivity index is 1.22. The van der Waals surface area contributed by atoms with Gasteiger partial charge in [0.1, 0.15) is 0 Å². The molecule has 0 unspecified atom stereocenters. The topological polar surface area (TPSA) is 122 Å². The molecule has 0 saturated carbocycles. The minimum Gasteiger partial charge on any atom is -0.311 e. The summed E-state index contributed by atoms with van der Waals surface area (Å²) in [5, 5.41) is 0. The number of carbonyl (C=O) groups excluding carboxylic acids is 6. The minimum atomic E-state index is -0.245. The van der Waals surface area contributed by atoms with Crippen molar-refractivity contribution >= 4 is 69.6 Å². The fourth-order valence-corrected chi connectivity index (χ4v) is 10.4. The number of anilines is 6. The van der Waals surface area contributed by atoms with Crippen LogP contribution < -0.4 is 29.4 Å². The van der Waals surface area contributed by atoms with Gasteiger partial charge in [0.25, 0.3) is 35.4 Å². The summed E-state index contributed by atoms with van der Waals surface area (Å²) >= 11 is 0. The first-order chi connectivity index (χ1) is 39.3. The molecule has 81 heavy (non-hydrogen) atoms. The molecule has 12 bridgehead atoms. The fraction of sp³-hybridized carbons (Fsp3) is 0.391. The van der Waals surface area contributed by atoms with Gasteiger partial charge in [-0.15, -0.1) is 0 Å². The van der Waals surface area contributed by atoms with Crippen molar-refractivity contribution in [1.82, 2.24) is 0 Å². The van der Waals surface area contributed by atoms with Crippen LogP contribution in [0.1, 0.15) is 198 Å². The van der Waals surface area contributed by atoms with E-state index in [0.717, 1.165) is 96.3 Å². The summed E-state index contributed by atoms with van der Waals surface area (Å²) in [6, 6.07) is 42.5. The summed E-state index contributed by atoms with van der Waals surface area (Å²) < 4.78 is 0. The van der Waals surface area contributed by atoms with Crippen molar-refractivity contribution in [3.63, 3.8) is 0 Å². The molecule has 16 rings (SSSR count). The van der Waals surface area contributed by atoms with Crippen molar-refractivity contribution in [2.24, 2.45) is 0 Å². The largest absolute Gasteiger partial charge is 0.311 e. The highest BCUT2D eigenvalue weighted by molar-refractivity contribution is 6.12. The van der Waals surface area contributed by atoms with E-state index in [4.69, 9.17) is 0 Å². The van der Waals surface area contributed by atoms with Crippen molar-refractivity contribution in [1.29, 1.82) is 0 Å². The molecule has 12 heteroatoms. The van der Waals surface area contributed by atoms with Gasteiger partial charge in [0, 0.05) is 108 Å². The summed E-state index contributed by atoms with van der Waals surface area (Å²) in [7, 11) is 5.11. The molecule has 10 aliphatic heterocycles. The zero-order valence-corrected chi connectivity index (χ0v) is 48.8. The average molecular weight is 1090 g/mol. The van der Waals surface area contributed by atoms with Crippen molar-refractivity contribution in [3.8, 4) is 0 Å². The van der Waals surface area contributed by atoms with E-state index in [1.165, 1.54) is 19.3 Å². The van der Waals surface area contributed by atoms with Crippen LogP contribution in [0.25, 0.3) is 0 Å². The van der Waals surface area contributed by atoms with Crippen molar-refractivity contribution in [2.75, 3.05) is 70.2 Å². The highest BCUT2D eigenvalue weighted by atomic mass is 16.2. The second-order valence-corrected chi connectivity index (χ2v) is 21.5. The Hall–Kier alpha value is -7.86. The molecule has 0 aliphatic carbocycles. The van der Waals surface area contributed by atoms with E-state index >= 15 is 0 Å². The molecule has 6 aromatic rings. The van der Waals surface area contributed by atoms with Gasteiger partial charge < -0.3 is 29.4 Å². The van der Waals surface area contributed by atoms with Gasteiger partial charge in [-0.2, -0.15) is 0 Å². The van der Waals surface area contributed by atoms with Gasteiger partial charge >= 0.3 is 0 Å². The van der Waals surface area contributed by atoms with Gasteiger partial charge in [0.15, 0.2) is 0 Å². The Morgan fingerprint density at radius 2 is 0.395 bits per heavy atom. The van der Waals surface area contributed by atoms with Crippen molar-refractivity contribution in [3.05, 3.63) is 179 Å². The molecule has 0 fully saturated rings. The highest BCUT2D eigenvalue weighted by Gasteiger charge is 2.25. The zero-order chi connectivity index (χ0) is 57.7. The monoisotopic (exact) mass is 1090 g/mol. The molecular weight excluding hydrogens is 1010 g/mol. The zero-order valence-electron chi connectivity index (χ0n) is 48.8. The molecule has 0 atom stereocenters. The third kappa shape index (κ3) is 16.2. The smallest absolute Gasteiger partial charge is 0.258 e. The normalized spacial score (nSPS) is 13.9. The maximum absolute atomic E-state index is 14.5. The molecule has 6 amide bonds. The maximum Gasteiger partial charge on any atom is 0.258 e. The van der Waals surface area contributed by atoms with Crippen LogP contribution >= 0.6 is 0 Å². The average Bonchev–Trinajstić information content (AvgIpc) is 3.52. The van der Waals surface area contributed by atoms with Crippen LogP contribution in [0, 0.1) is 0 Å². The lowest BCUT2D eigenvalue weighted by Gasteiger charge is -2.25. The molecule has 0 radical (unpaired) electrons. The molecule has 0 spiro atoms. The molecule has 10 heterocycles. The van der Waals surface area contributed by atoms with Crippen LogP contribution in [0.5, 0.6) is 0 Å². The number of carbonyl (C=O) groups is 6. The van der Waals surface area contributed by atoms with Crippen LogP contribution in [-0.4, -0.2) is 76.2 Å². The SMILES string of the molecule is CCCCCCCCN1C(=O)c2ccc(cc2)N(C)C(=O)c2ccc(cc2)N(CCCCCCCC)C(=O)c2ccc(cc2)N(C)C(=O)c2ccc(cc2)N(CCCCCCCC)C(=O)c2ccc(cc2)N(C)C(=O)c2ccc1cc2. The van der Waals surface area contributed by atoms with Crippen LogP contribution in [0.4, 0.5) is 34.1 Å². The summed E-state index contributed by atoms with van der Waals surface area (Å²) in [5.74, 6) is -1.29. The quantitative estimate of drug-likeness (QED) is 0.0662. The molecule has 0 N–H and O–H groups in total. The van der Waals surface area contributed by atoms with Crippen LogP contribution in [0.15, 0.2) is 146 Å². The van der Waals surface area contributed by atoms with Gasteiger partial charge in [0.2, 0.25) is 0 Å². The Labute approximate surface area is 481 Å². The fourth-order valence-electron chi connectivity index (χ4n) is 10.4. The summed E-state index contributed by atoms with van der Waals surface area (Å²) in [5.41, 5.74) is 6.57. The van der Waals surface area contributed by atoms with E-state index in [0.29, 0.717) is 87.1 Å². The lowest BCUT2D eigenvalue weighted by Crippen LogP contribution is -2.33. The lowest BCUT2D eigenvalue weighted by atomic mass is 10.1. The number of amides is 6. The van der Waals surface area contributed by atoms with E-state index < -0.39 is 0 Å². The molecule has 0 saturated heterocycles. The Morgan fingerprint density at radius 3 is 0.605 bits per heavy atom. The summed E-state index contributed by atoms with van der Waals surface area (Å²) in [6.07, 6.45) is 19.0. The lowest BCUT2D eigenvalue weighted by molar-refractivity contribution is 0.0978. The first-order valence-corrected chi connectivity index (χ1v) is 29.7. The van der Waals surface area contributed by atoms with Crippen molar-refractivity contribution < 1.29 is 28.8 Å². The summed E-state index contributed by atoms with van der Waals surface area (Å²) in [4.78, 5) is 95.5. The molecule has 426 valence electrons. The third-order valence-electron chi connectivity index (χ3n) is 15.6. The molecule has 6 aromatic carbocycles. The van der Waals surface area contributed by atoms with Crippen LogP contribution in [0.3, 0.4) is 0 Å². The van der Waals surface area contributed by atoms with E-state index in [2.05, 4.69) is 20.8 Å². The number of nitrogens with zero attached hydrogens (tertiary/aromatic N) is 6. The van der Waals surface area contributed by atoms with Crippen LogP contribution in [-0.2, 0) is 0 Å². The van der Waals surface area contributed by atoms with E-state index in [1.54, 1.807) is 160 Å². The first-order valence-electron chi connectivity index (χ1n) is 29.7. The minimum absolute atomic E-state index is 0.185. The predicted molar refractivity (Wildman–Crippen MR) is 332 cm³/mol. The van der Waals surface area contributed by atoms with E-state index in [9.17, 15) is 28.8 Å². The van der Waals surface area contributed by atoms with Gasteiger partial charge in [-0.05, 0) is 165 Å². The standard InChI is InChI=1S/C69H84N6O6/c1-7-10-13-16-19-22-49-73-61-43-31-52(32-44-61)64(76)71(5)59-39-27-56(28-40-59)68(80)75(51-24-21-18-15-12-9-3)63-47-35-54(36-48-63)66(78)72(6)60-41-29-57(30-42-60)69(81)74(50-23-20-17-14-11-8-2)62-45-33-53(34-46-62)65(77)70(4)58-37-25-55(26-38-58)67(73)79/h25-48H,7-24,49-51H2,1-6H3.